The van der Waals surface area contributed by atoms with Crippen molar-refractivity contribution in [1.29, 1.82) is 0 Å². The highest BCUT2D eigenvalue weighted by molar-refractivity contribution is 6.30. The van der Waals surface area contributed by atoms with Crippen LogP contribution in [-0.4, -0.2) is 11.2 Å². The second kappa shape index (κ2) is 5.26. The van der Waals surface area contributed by atoms with Gasteiger partial charge in [0, 0.05) is 11.5 Å². The molecule has 5 heteroatoms. The number of ether oxygens (including phenoxy) is 1. The molecule has 3 nitrogen and oxygen atoms in total. The molecule has 3 N–H and O–H groups in total. The summed E-state index contributed by atoms with van der Waals surface area (Å²) in [6.45, 7) is 8.10. The Bertz CT molecular complexity index is 505. The molecular formula is C15H22ClFN2O. The molecular weight excluding hydrogens is 279 g/mol. The molecule has 0 radical (unpaired) electrons. The molecule has 1 aliphatic heterocycles. The van der Waals surface area contributed by atoms with E-state index >= 15 is 0 Å². The Morgan fingerprint density at radius 2 is 2.05 bits per heavy atom. The number of nitrogens with one attached hydrogen (secondary N) is 1. The van der Waals surface area contributed by atoms with Gasteiger partial charge in [0.2, 0.25) is 0 Å². The van der Waals surface area contributed by atoms with Crippen LogP contribution in [0.4, 0.5) is 4.39 Å². The minimum absolute atomic E-state index is 0.0514. The molecule has 1 fully saturated rings. The number of hydrogen-bond donors (Lipinski definition) is 2. The average Bonchev–Trinajstić information content (AvgIpc) is 2.54. The summed E-state index contributed by atoms with van der Waals surface area (Å²) in [6, 6.07) is 4.64. The summed E-state index contributed by atoms with van der Waals surface area (Å²) in [5.74, 6) is 5.33. The zero-order valence-electron chi connectivity index (χ0n) is 12.3. The van der Waals surface area contributed by atoms with Gasteiger partial charge in [0.05, 0.1) is 22.3 Å². The first-order valence-corrected chi connectivity index (χ1v) is 7.16. The van der Waals surface area contributed by atoms with Crippen molar-refractivity contribution < 1.29 is 9.13 Å². The number of hydrogen-bond acceptors (Lipinski definition) is 3. The van der Waals surface area contributed by atoms with E-state index in [4.69, 9.17) is 22.2 Å². The average molecular weight is 301 g/mol. The quantitative estimate of drug-likeness (QED) is 0.662. The summed E-state index contributed by atoms with van der Waals surface area (Å²) in [5, 5.41) is 0.110. The van der Waals surface area contributed by atoms with Crippen LogP contribution in [0, 0.1) is 11.7 Å². The number of nitrogens with two attached hydrogens (primary N) is 1. The van der Waals surface area contributed by atoms with E-state index in [1.54, 1.807) is 12.1 Å². The van der Waals surface area contributed by atoms with Gasteiger partial charge >= 0.3 is 0 Å². The van der Waals surface area contributed by atoms with Gasteiger partial charge in [-0.15, -0.1) is 0 Å². The fourth-order valence-electron chi connectivity index (χ4n) is 3.31. The van der Waals surface area contributed by atoms with Gasteiger partial charge in [-0.05, 0) is 40.2 Å². The maximum Gasteiger partial charge on any atom is 0.146 e. The van der Waals surface area contributed by atoms with Crippen molar-refractivity contribution in [2.45, 2.75) is 51.4 Å². The van der Waals surface area contributed by atoms with E-state index in [2.05, 4.69) is 5.43 Å². The van der Waals surface area contributed by atoms with E-state index in [-0.39, 0.29) is 22.6 Å². The Morgan fingerprint density at radius 3 is 2.55 bits per heavy atom. The molecule has 0 bridgehead atoms. The van der Waals surface area contributed by atoms with Crippen molar-refractivity contribution in [3.8, 4) is 0 Å². The van der Waals surface area contributed by atoms with Gasteiger partial charge in [-0.3, -0.25) is 11.3 Å². The second-order valence-corrected chi connectivity index (χ2v) is 6.97. The van der Waals surface area contributed by atoms with Crippen LogP contribution in [0.3, 0.4) is 0 Å². The van der Waals surface area contributed by atoms with Crippen LogP contribution in [-0.2, 0) is 4.74 Å². The smallest absolute Gasteiger partial charge is 0.146 e. The SMILES string of the molecule is CC1(C)CC(C(NN)c2cccc(Cl)c2F)C(C)(C)O1. The number of benzene rings is 1. The van der Waals surface area contributed by atoms with Crippen molar-refractivity contribution in [3.05, 3.63) is 34.6 Å². The summed E-state index contributed by atoms with van der Waals surface area (Å²) in [6.07, 6.45) is 0.792. The predicted octanol–water partition coefficient (Wildman–Crippen LogP) is 3.58. The summed E-state index contributed by atoms with van der Waals surface area (Å²) >= 11 is 5.87. The standard InChI is InChI=1S/C15H22ClFN2O/c1-14(2)8-10(15(3,4)20-14)13(19-18)9-6-5-7-11(16)12(9)17/h5-7,10,13,19H,8,18H2,1-4H3. The number of halogens is 2. The Labute approximate surface area is 124 Å². The molecule has 1 heterocycles. The predicted molar refractivity (Wildman–Crippen MR) is 78.8 cm³/mol. The van der Waals surface area contributed by atoms with Crippen molar-refractivity contribution >= 4 is 11.6 Å². The van der Waals surface area contributed by atoms with Crippen molar-refractivity contribution in [2.75, 3.05) is 0 Å². The van der Waals surface area contributed by atoms with Gasteiger partial charge in [0.1, 0.15) is 5.82 Å². The largest absolute Gasteiger partial charge is 0.369 e. The van der Waals surface area contributed by atoms with Gasteiger partial charge in [0.15, 0.2) is 0 Å². The van der Waals surface area contributed by atoms with E-state index in [1.807, 2.05) is 27.7 Å². The summed E-state index contributed by atoms with van der Waals surface area (Å²) in [5.41, 5.74) is 2.58. The maximum atomic E-state index is 14.3. The van der Waals surface area contributed by atoms with E-state index in [1.165, 1.54) is 6.07 Å². The molecule has 0 saturated carbocycles. The van der Waals surface area contributed by atoms with Crippen molar-refractivity contribution in [2.24, 2.45) is 11.8 Å². The lowest BCUT2D eigenvalue weighted by molar-refractivity contribution is -0.0779. The molecule has 2 rings (SSSR count). The zero-order valence-corrected chi connectivity index (χ0v) is 13.1. The normalized spacial score (nSPS) is 25.6. The van der Waals surface area contributed by atoms with E-state index < -0.39 is 11.4 Å². The zero-order chi connectivity index (χ0) is 15.1. The minimum Gasteiger partial charge on any atom is -0.369 e. The molecule has 0 aromatic heterocycles. The van der Waals surface area contributed by atoms with Gasteiger partial charge in [-0.1, -0.05) is 23.7 Å². The molecule has 1 saturated heterocycles. The third kappa shape index (κ3) is 2.84. The van der Waals surface area contributed by atoms with Crippen LogP contribution in [0.15, 0.2) is 18.2 Å². The first kappa shape index (κ1) is 15.7. The van der Waals surface area contributed by atoms with Crippen LogP contribution in [0.2, 0.25) is 5.02 Å². The van der Waals surface area contributed by atoms with Gasteiger partial charge in [-0.2, -0.15) is 0 Å². The first-order valence-electron chi connectivity index (χ1n) is 6.78. The fourth-order valence-corrected chi connectivity index (χ4v) is 3.49. The Morgan fingerprint density at radius 1 is 1.40 bits per heavy atom. The highest BCUT2D eigenvalue weighted by Crippen LogP contribution is 2.48. The monoisotopic (exact) mass is 300 g/mol. The van der Waals surface area contributed by atoms with E-state index in [9.17, 15) is 4.39 Å². The molecule has 112 valence electrons. The van der Waals surface area contributed by atoms with Gasteiger partial charge in [0.25, 0.3) is 0 Å². The maximum absolute atomic E-state index is 14.3. The van der Waals surface area contributed by atoms with Crippen LogP contribution in [0.1, 0.15) is 45.7 Å². The molecule has 2 atom stereocenters. The summed E-state index contributed by atoms with van der Waals surface area (Å²) < 4.78 is 20.3. The number of rotatable bonds is 3. The molecule has 20 heavy (non-hydrogen) atoms. The van der Waals surface area contributed by atoms with E-state index in [0.29, 0.717) is 5.56 Å². The molecule has 0 spiro atoms. The summed E-state index contributed by atoms with van der Waals surface area (Å²) in [4.78, 5) is 0. The van der Waals surface area contributed by atoms with Crippen molar-refractivity contribution in [3.63, 3.8) is 0 Å². The molecule has 2 unspecified atom stereocenters. The first-order chi connectivity index (χ1) is 9.18. The lowest BCUT2D eigenvalue weighted by atomic mass is 9.79. The molecule has 0 amide bonds. The lowest BCUT2D eigenvalue weighted by Gasteiger charge is -2.33. The Hall–Kier alpha value is -0.680. The molecule has 1 aromatic carbocycles. The lowest BCUT2D eigenvalue weighted by Crippen LogP contribution is -2.41. The summed E-state index contributed by atoms with van der Waals surface area (Å²) in [7, 11) is 0. The number of hydrazine groups is 1. The topological polar surface area (TPSA) is 47.3 Å². The third-order valence-corrected chi connectivity index (χ3v) is 4.33. The minimum atomic E-state index is -0.419. The fraction of sp³-hybridized carbons (Fsp3) is 0.600. The molecule has 0 aliphatic carbocycles. The van der Waals surface area contributed by atoms with Gasteiger partial charge < -0.3 is 4.74 Å². The van der Waals surface area contributed by atoms with Crippen LogP contribution in [0.25, 0.3) is 0 Å². The van der Waals surface area contributed by atoms with Crippen LogP contribution < -0.4 is 11.3 Å². The molecule has 1 aliphatic rings. The third-order valence-electron chi connectivity index (χ3n) is 4.04. The highest BCUT2D eigenvalue weighted by atomic mass is 35.5. The highest BCUT2D eigenvalue weighted by Gasteiger charge is 2.49. The molecule has 1 aromatic rings. The Kier molecular flexibility index (Phi) is 4.13. The Balaban J connectivity index is 2.40. The van der Waals surface area contributed by atoms with Crippen LogP contribution >= 0.6 is 11.6 Å². The van der Waals surface area contributed by atoms with E-state index in [0.717, 1.165) is 6.42 Å². The van der Waals surface area contributed by atoms with Crippen LogP contribution in [0.5, 0.6) is 0 Å². The van der Waals surface area contributed by atoms with Crippen molar-refractivity contribution in [1.82, 2.24) is 5.43 Å². The van der Waals surface area contributed by atoms with Gasteiger partial charge in [-0.25, -0.2) is 4.39 Å². The second-order valence-electron chi connectivity index (χ2n) is 6.56.